The number of nitrogens with zero attached hydrogens (tertiary/aromatic N) is 3. The number of anilines is 1. The van der Waals surface area contributed by atoms with Gasteiger partial charge in [-0.15, -0.1) is 5.10 Å². The zero-order valence-corrected chi connectivity index (χ0v) is 12.7. The highest BCUT2D eigenvalue weighted by Crippen LogP contribution is 2.24. The Labute approximate surface area is 136 Å². The third kappa shape index (κ3) is 3.75. The lowest BCUT2D eigenvalue weighted by Gasteiger charge is -2.12. The molecule has 2 aromatic carbocycles. The zero-order chi connectivity index (χ0) is 16.1. The van der Waals surface area contributed by atoms with Crippen LogP contribution in [0.2, 0.25) is 5.02 Å². The predicted molar refractivity (Wildman–Crippen MR) is 83.7 cm³/mol. The van der Waals surface area contributed by atoms with Gasteiger partial charge in [0.05, 0.1) is 5.02 Å². The number of hydrogen-bond acceptors (Lipinski definition) is 5. The van der Waals surface area contributed by atoms with Gasteiger partial charge in [0, 0.05) is 17.7 Å². The Bertz CT molecular complexity index is 761. The molecule has 0 spiro atoms. The lowest BCUT2D eigenvalue weighted by Crippen LogP contribution is -2.05. The summed E-state index contributed by atoms with van der Waals surface area (Å²) in [6, 6.07) is 12.0. The number of H-pyrrole nitrogens is 1. The van der Waals surface area contributed by atoms with Crippen molar-refractivity contribution in [2.75, 3.05) is 5.32 Å². The second-order valence-electron chi connectivity index (χ2n) is 4.69. The number of rotatable bonds is 6. The van der Waals surface area contributed by atoms with Crippen molar-refractivity contribution in [2.45, 2.75) is 13.2 Å². The van der Waals surface area contributed by atoms with Crippen molar-refractivity contribution in [1.29, 1.82) is 0 Å². The minimum Gasteiger partial charge on any atom is -0.488 e. The van der Waals surface area contributed by atoms with Crippen LogP contribution in [0, 0.1) is 5.82 Å². The van der Waals surface area contributed by atoms with Crippen molar-refractivity contribution < 1.29 is 9.13 Å². The van der Waals surface area contributed by atoms with Gasteiger partial charge in [-0.3, -0.25) is 0 Å². The van der Waals surface area contributed by atoms with Crippen LogP contribution in [0.4, 0.5) is 10.3 Å². The first-order valence-electron chi connectivity index (χ1n) is 6.85. The molecule has 1 aromatic heterocycles. The molecule has 3 rings (SSSR count). The summed E-state index contributed by atoms with van der Waals surface area (Å²) < 4.78 is 19.5. The molecule has 3 aromatic rings. The maximum atomic E-state index is 13.8. The number of hydrogen-bond donors (Lipinski definition) is 2. The Hall–Kier alpha value is -2.67. The lowest BCUT2D eigenvalue weighted by atomic mass is 10.2. The van der Waals surface area contributed by atoms with Gasteiger partial charge < -0.3 is 10.1 Å². The SMILES string of the molecule is Fc1cccc(Cl)c1COc1ccccc1CNc1nn[nH]n1. The largest absolute Gasteiger partial charge is 0.488 e. The molecule has 0 unspecified atom stereocenters. The first-order valence-corrected chi connectivity index (χ1v) is 7.23. The van der Waals surface area contributed by atoms with Crippen LogP contribution in [0.5, 0.6) is 5.75 Å². The molecule has 0 saturated carbocycles. The molecular weight excluding hydrogens is 321 g/mol. The van der Waals surface area contributed by atoms with E-state index in [0.717, 1.165) is 5.56 Å². The number of halogens is 2. The highest BCUT2D eigenvalue weighted by molar-refractivity contribution is 6.31. The maximum absolute atomic E-state index is 13.8. The topological polar surface area (TPSA) is 75.7 Å². The number of ether oxygens (including phenoxy) is 1. The summed E-state index contributed by atoms with van der Waals surface area (Å²) in [4.78, 5) is 0. The number of tetrazole rings is 1. The second kappa shape index (κ2) is 7.06. The van der Waals surface area contributed by atoms with Crippen LogP contribution in [0.1, 0.15) is 11.1 Å². The average Bonchev–Trinajstić information content (AvgIpc) is 3.07. The first kappa shape index (κ1) is 15.2. The van der Waals surface area contributed by atoms with Gasteiger partial charge in [-0.25, -0.2) is 4.39 Å². The van der Waals surface area contributed by atoms with Crippen LogP contribution in [0.15, 0.2) is 42.5 Å². The third-order valence-corrected chi connectivity index (χ3v) is 3.54. The average molecular weight is 334 g/mol. The molecule has 1 heterocycles. The standard InChI is InChI=1S/C15H13ClFN5O/c16-12-5-3-6-13(17)11(12)9-23-14-7-2-1-4-10(14)8-18-15-19-21-22-20-15/h1-7H,8-9H2,(H2,18,19,20,21,22). The highest BCUT2D eigenvalue weighted by Gasteiger charge is 2.10. The molecule has 0 aliphatic rings. The van der Waals surface area contributed by atoms with E-state index in [0.29, 0.717) is 28.8 Å². The second-order valence-corrected chi connectivity index (χ2v) is 5.09. The Morgan fingerprint density at radius 2 is 2.04 bits per heavy atom. The summed E-state index contributed by atoms with van der Waals surface area (Å²) in [5.74, 6) is 0.625. The van der Waals surface area contributed by atoms with Crippen molar-refractivity contribution in [3.8, 4) is 5.75 Å². The monoisotopic (exact) mass is 333 g/mol. The van der Waals surface area contributed by atoms with Crippen molar-refractivity contribution in [3.05, 3.63) is 64.4 Å². The van der Waals surface area contributed by atoms with Crippen molar-refractivity contribution in [3.63, 3.8) is 0 Å². The smallest absolute Gasteiger partial charge is 0.263 e. The minimum absolute atomic E-state index is 0.0464. The van der Waals surface area contributed by atoms with Gasteiger partial charge in [-0.05, 0) is 23.4 Å². The van der Waals surface area contributed by atoms with E-state index >= 15 is 0 Å². The van der Waals surface area contributed by atoms with E-state index in [1.807, 2.05) is 24.3 Å². The van der Waals surface area contributed by atoms with Gasteiger partial charge in [-0.2, -0.15) is 5.21 Å². The van der Waals surface area contributed by atoms with Crippen molar-refractivity contribution in [2.24, 2.45) is 0 Å². The van der Waals surface area contributed by atoms with E-state index in [1.165, 1.54) is 6.07 Å². The normalized spacial score (nSPS) is 10.5. The van der Waals surface area contributed by atoms with Crippen LogP contribution in [0.25, 0.3) is 0 Å². The number of para-hydroxylation sites is 1. The summed E-state index contributed by atoms with van der Waals surface area (Å²) in [6.07, 6.45) is 0. The number of nitrogens with one attached hydrogen (secondary N) is 2. The lowest BCUT2D eigenvalue weighted by molar-refractivity contribution is 0.297. The molecule has 0 radical (unpaired) electrons. The molecule has 0 bridgehead atoms. The molecule has 0 aliphatic carbocycles. The Kier molecular flexibility index (Phi) is 4.68. The Morgan fingerprint density at radius 1 is 1.17 bits per heavy atom. The van der Waals surface area contributed by atoms with E-state index in [2.05, 4.69) is 25.9 Å². The van der Waals surface area contributed by atoms with E-state index in [9.17, 15) is 4.39 Å². The summed E-state index contributed by atoms with van der Waals surface area (Å²) in [5.41, 5.74) is 1.21. The summed E-state index contributed by atoms with van der Waals surface area (Å²) in [7, 11) is 0. The number of benzene rings is 2. The molecular formula is C15H13ClFN5O. The maximum Gasteiger partial charge on any atom is 0.263 e. The van der Waals surface area contributed by atoms with Gasteiger partial charge in [0.25, 0.3) is 5.95 Å². The van der Waals surface area contributed by atoms with E-state index in [4.69, 9.17) is 16.3 Å². The zero-order valence-electron chi connectivity index (χ0n) is 12.0. The molecule has 0 aliphatic heterocycles. The molecule has 118 valence electrons. The van der Waals surface area contributed by atoms with Gasteiger partial charge >= 0.3 is 0 Å². The third-order valence-electron chi connectivity index (χ3n) is 3.19. The van der Waals surface area contributed by atoms with Crippen LogP contribution in [-0.2, 0) is 13.2 Å². The molecule has 8 heteroatoms. The molecule has 0 amide bonds. The highest BCUT2D eigenvalue weighted by atomic mass is 35.5. The van der Waals surface area contributed by atoms with Crippen LogP contribution in [-0.4, -0.2) is 20.6 Å². The van der Waals surface area contributed by atoms with Crippen LogP contribution >= 0.6 is 11.6 Å². The first-order chi connectivity index (χ1) is 11.2. The summed E-state index contributed by atoms with van der Waals surface area (Å²) >= 11 is 6.00. The van der Waals surface area contributed by atoms with Gasteiger partial charge in [0.15, 0.2) is 0 Å². The number of aromatic amines is 1. The molecule has 2 N–H and O–H groups in total. The molecule has 23 heavy (non-hydrogen) atoms. The van der Waals surface area contributed by atoms with Crippen LogP contribution in [0.3, 0.4) is 0 Å². The molecule has 6 nitrogen and oxygen atoms in total. The minimum atomic E-state index is -0.389. The van der Waals surface area contributed by atoms with Crippen LogP contribution < -0.4 is 10.1 Å². The fourth-order valence-corrected chi connectivity index (χ4v) is 2.24. The fraction of sp³-hybridized carbons (Fsp3) is 0.133. The van der Waals surface area contributed by atoms with E-state index < -0.39 is 0 Å². The van der Waals surface area contributed by atoms with E-state index in [1.54, 1.807) is 12.1 Å². The van der Waals surface area contributed by atoms with Crippen molar-refractivity contribution >= 4 is 17.5 Å². The Morgan fingerprint density at radius 3 is 2.83 bits per heavy atom. The van der Waals surface area contributed by atoms with Gasteiger partial charge in [0.2, 0.25) is 0 Å². The van der Waals surface area contributed by atoms with E-state index in [-0.39, 0.29) is 12.4 Å². The summed E-state index contributed by atoms with van der Waals surface area (Å²) in [5, 5.41) is 16.8. The number of aromatic nitrogens is 4. The Balaban J connectivity index is 1.70. The molecule has 0 saturated heterocycles. The molecule has 0 fully saturated rings. The fourth-order valence-electron chi connectivity index (χ4n) is 2.02. The quantitative estimate of drug-likeness (QED) is 0.724. The predicted octanol–water partition coefficient (Wildman–Crippen LogP) is 3.18. The molecule has 0 atom stereocenters. The summed E-state index contributed by atoms with van der Waals surface area (Å²) in [6.45, 7) is 0.492. The van der Waals surface area contributed by atoms with Gasteiger partial charge in [0.1, 0.15) is 18.2 Å². The van der Waals surface area contributed by atoms with Crippen molar-refractivity contribution in [1.82, 2.24) is 20.6 Å². The van der Waals surface area contributed by atoms with Gasteiger partial charge in [-0.1, -0.05) is 41.0 Å².